The van der Waals surface area contributed by atoms with Crippen molar-refractivity contribution in [3.63, 3.8) is 0 Å². The predicted molar refractivity (Wildman–Crippen MR) is 79.2 cm³/mol. The van der Waals surface area contributed by atoms with Gasteiger partial charge in [-0.15, -0.1) is 6.58 Å². The van der Waals surface area contributed by atoms with Crippen LogP contribution in [-0.4, -0.2) is 38.2 Å². The van der Waals surface area contributed by atoms with Crippen LogP contribution in [0.2, 0.25) is 0 Å². The summed E-state index contributed by atoms with van der Waals surface area (Å²) in [5, 5.41) is 33.3. The minimum atomic E-state index is -2.85. The highest BCUT2D eigenvalue weighted by Gasteiger charge is 2.61. The van der Waals surface area contributed by atoms with Crippen molar-refractivity contribution in [2.24, 2.45) is 5.92 Å². The van der Waals surface area contributed by atoms with Gasteiger partial charge in [0, 0.05) is 18.6 Å². The van der Waals surface area contributed by atoms with Crippen LogP contribution in [0.5, 0.6) is 0 Å². The molecule has 0 bridgehead atoms. The molecular formula is C15H16N2O6. The molecule has 1 heterocycles. The van der Waals surface area contributed by atoms with Crippen molar-refractivity contribution in [3.8, 4) is 0 Å². The molecule has 0 aliphatic carbocycles. The maximum atomic E-state index is 12.2. The highest BCUT2D eigenvalue weighted by atomic mass is 16.6. The second-order valence-corrected chi connectivity index (χ2v) is 5.66. The van der Waals surface area contributed by atoms with Gasteiger partial charge >= 0.3 is 0 Å². The molecule has 23 heavy (non-hydrogen) atoms. The smallest absolute Gasteiger partial charge is 0.269 e. The molecule has 3 N–H and O–H groups in total. The largest absolute Gasteiger partial charge is 0.359 e. The molecule has 1 aromatic rings. The molecule has 1 fully saturated rings. The molecule has 0 saturated carbocycles. The first-order chi connectivity index (χ1) is 10.6. The Morgan fingerprint density at radius 2 is 2.04 bits per heavy atom. The average Bonchev–Trinajstić information content (AvgIpc) is 2.46. The van der Waals surface area contributed by atoms with E-state index in [1.165, 1.54) is 37.3 Å². The van der Waals surface area contributed by atoms with Gasteiger partial charge in [-0.25, -0.2) is 0 Å². The van der Waals surface area contributed by atoms with Gasteiger partial charge in [-0.1, -0.05) is 18.2 Å². The highest BCUT2D eigenvalue weighted by Crippen LogP contribution is 2.36. The molecule has 2 unspecified atom stereocenters. The van der Waals surface area contributed by atoms with Gasteiger partial charge in [0.15, 0.2) is 5.78 Å². The highest BCUT2D eigenvalue weighted by molar-refractivity contribution is 5.98. The van der Waals surface area contributed by atoms with E-state index in [2.05, 4.69) is 11.9 Å². The second-order valence-electron chi connectivity index (χ2n) is 5.66. The van der Waals surface area contributed by atoms with E-state index in [-0.39, 0.29) is 12.1 Å². The van der Waals surface area contributed by atoms with Crippen LogP contribution in [0.4, 0.5) is 5.69 Å². The zero-order valence-corrected chi connectivity index (χ0v) is 12.4. The third kappa shape index (κ3) is 2.86. The first-order valence-electron chi connectivity index (χ1n) is 6.79. The summed E-state index contributed by atoms with van der Waals surface area (Å²) in [6, 6.07) is 5.12. The van der Waals surface area contributed by atoms with Gasteiger partial charge in [0.1, 0.15) is 5.92 Å². The molecule has 1 aliphatic heterocycles. The first kappa shape index (κ1) is 16.8. The quantitative estimate of drug-likeness (QED) is 0.224. The summed E-state index contributed by atoms with van der Waals surface area (Å²) in [6.45, 7) is 5.03. The molecule has 0 spiro atoms. The second kappa shape index (κ2) is 5.56. The number of hydrogen-bond acceptors (Lipinski definition) is 6. The number of carbonyl (C=O) groups is 2. The molecule has 1 saturated heterocycles. The van der Waals surface area contributed by atoms with E-state index in [1.54, 1.807) is 0 Å². The lowest BCUT2D eigenvalue weighted by atomic mass is 9.70. The van der Waals surface area contributed by atoms with E-state index in [4.69, 9.17) is 0 Å². The molecular weight excluding hydrogens is 304 g/mol. The summed E-state index contributed by atoms with van der Waals surface area (Å²) >= 11 is 0. The van der Waals surface area contributed by atoms with Crippen molar-refractivity contribution in [2.75, 3.05) is 0 Å². The number of Topliss-reactive ketones (excluding diaryl/α,β-unsaturated/α-hetero) is 1. The van der Waals surface area contributed by atoms with Gasteiger partial charge in [0.05, 0.1) is 10.5 Å². The number of nitrogens with one attached hydrogen (secondary N) is 1. The van der Waals surface area contributed by atoms with Crippen molar-refractivity contribution in [3.05, 3.63) is 52.6 Å². The average molecular weight is 320 g/mol. The van der Waals surface area contributed by atoms with Gasteiger partial charge in [0.2, 0.25) is 11.7 Å². The van der Waals surface area contributed by atoms with Crippen molar-refractivity contribution in [2.45, 2.75) is 24.7 Å². The maximum Gasteiger partial charge on any atom is 0.269 e. The lowest BCUT2D eigenvalue weighted by Gasteiger charge is -2.49. The summed E-state index contributed by atoms with van der Waals surface area (Å²) in [6.07, 6.45) is 0.960. The number of ketones is 1. The van der Waals surface area contributed by atoms with Crippen molar-refractivity contribution < 1.29 is 24.7 Å². The van der Waals surface area contributed by atoms with Crippen LogP contribution >= 0.6 is 0 Å². The number of nitro groups is 1. The van der Waals surface area contributed by atoms with Gasteiger partial charge in [0.25, 0.3) is 5.69 Å². The summed E-state index contributed by atoms with van der Waals surface area (Å²) in [4.78, 5) is 33.8. The van der Waals surface area contributed by atoms with Crippen molar-refractivity contribution in [1.82, 2.24) is 5.32 Å². The summed E-state index contributed by atoms with van der Waals surface area (Å²) < 4.78 is 0. The minimum Gasteiger partial charge on any atom is -0.359 e. The number of aliphatic hydroxyl groups is 2. The normalized spacial score (nSPS) is 23.6. The third-order valence-corrected chi connectivity index (χ3v) is 4.00. The summed E-state index contributed by atoms with van der Waals surface area (Å²) in [5.41, 5.74) is -0.864. The fourth-order valence-electron chi connectivity index (χ4n) is 2.59. The minimum absolute atomic E-state index is 0.141. The van der Waals surface area contributed by atoms with Crippen LogP contribution in [0.3, 0.4) is 0 Å². The summed E-state index contributed by atoms with van der Waals surface area (Å²) in [5.74, 6) is -5.85. The number of rotatable bonds is 6. The monoisotopic (exact) mass is 320 g/mol. The molecule has 1 aliphatic rings. The predicted octanol–water partition coefficient (Wildman–Crippen LogP) is 0.0780. The Labute approximate surface area is 131 Å². The number of nitro benzene ring substituents is 1. The first-order valence-corrected chi connectivity index (χ1v) is 6.79. The maximum absolute atomic E-state index is 12.2. The number of β-lactam (4-membered cyclic amide) rings is 1. The number of benzene rings is 1. The Bertz CT molecular complexity index is 682. The third-order valence-electron chi connectivity index (χ3n) is 4.00. The van der Waals surface area contributed by atoms with E-state index < -0.39 is 33.9 Å². The molecule has 1 aromatic carbocycles. The molecule has 8 nitrogen and oxygen atoms in total. The summed E-state index contributed by atoms with van der Waals surface area (Å²) in [7, 11) is 0. The SMILES string of the molecule is C=CC1(C)NC(=O)C1C(O)(O)C(=O)Cc1ccc([N+](=O)[O-])cc1. The fraction of sp³-hybridized carbons (Fsp3) is 0.333. The van der Waals surface area contributed by atoms with E-state index in [0.29, 0.717) is 5.56 Å². The molecule has 2 atom stereocenters. The number of hydrogen-bond donors (Lipinski definition) is 3. The van der Waals surface area contributed by atoms with E-state index in [9.17, 15) is 29.9 Å². The molecule has 1 amide bonds. The molecule has 2 rings (SSSR count). The van der Waals surface area contributed by atoms with Crippen LogP contribution in [0.25, 0.3) is 0 Å². The number of non-ortho nitro benzene ring substituents is 1. The molecule has 0 radical (unpaired) electrons. The van der Waals surface area contributed by atoms with Crippen LogP contribution in [0, 0.1) is 16.0 Å². The Kier molecular flexibility index (Phi) is 4.06. The topological polar surface area (TPSA) is 130 Å². The van der Waals surface area contributed by atoms with E-state index in [1.807, 2.05) is 0 Å². The molecule has 8 heteroatoms. The Morgan fingerprint density at radius 3 is 2.48 bits per heavy atom. The number of nitrogens with zero attached hydrogens (tertiary/aromatic N) is 1. The lowest BCUT2D eigenvalue weighted by Crippen LogP contribution is -2.75. The number of amides is 1. The zero-order chi connectivity index (χ0) is 17.4. The fourth-order valence-corrected chi connectivity index (χ4v) is 2.59. The van der Waals surface area contributed by atoms with Crippen LogP contribution in [0.15, 0.2) is 36.9 Å². The molecule has 122 valence electrons. The van der Waals surface area contributed by atoms with Crippen LogP contribution in [0.1, 0.15) is 12.5 Å². The lowest BCUT2D eigenvalue weighted by molar-refractivity contribution is -0.384. The van der Waals surface area contributed by atoms with Crippen LogP contribution < -0.4 is 5.32 Å². The van der Waals surface area contributed by atoms with E-state index >= 15 is 0 Å². The zero-order valence-electron chi connectivity index (χ0n) is 12.4. The van der Waals surface area contributed by atoms with Crippen molar-refractivity contribution >= 4 is 17.4 Å². The van der Waals surface area contributed by atoms with Gasteiger partial charge in [-0.2, -0.15) is 0 Å². The van der Waals surface area contributed by atoms with Crippen LogP contribution in [-0.2, 0) is 16.0 Å². The van der Waals surface area contributed by atoms with Gasteiger partial charge < -0.3 is 15.5 Å². The molecule has 0 aromatic heterocycles. The van der Waals surface area contributed by atoms with E-state index in [0.717, 1.165) is 0 Å². The Hall–Kier alpha value is -2.58. The van der Waals surface area contributed by atoms with Crippen molar-refractivity contribution in [1.29, 1.82) is 0 Å². The Morgan fingerprint density at radius 1 is 1.48 bits per heavy atom. The number of carbonyl (C=O) groups excluding carboxylic acids is 2. The van der Waals surface area contributed by atoms with Gasteiger partial charge in [-0.3, -0.25) is 19.7 Å². The Balaban J connectivity index is 2.17. The standard InChI is InChI=1S/C15H16N2O6/c1-3-14(2)12(13(19)16-14)15(20,21)11(18)8-9-4-6-10(7-5-9)17(22)23/h3-7,12,20-21H,1,8H2,2H3,(H,16,19). The van der Waals surface area contributed by atoms with Gasteiger partial charge in [-0.05, 0) is 12.5 Å².